The van der Waals surface area contributed by atoms with Crippen LogP contribution in [0.2, 0.25) is 0 Å². The molecule has 2 rings (SSSR count). The van der Waals surface area contributed by atoms with Crippen molar-refractivity contribution in [2.75, 3.05) is 13.7 Å². The van der Waals surface area contributed by atoms with Gasteiger partial charge in [0.2, 0.25) is 0 Å². The molecular formula is C18H31Cl2NO2Ti-4. The van der Waals surface area contributed by atoms with Crippen molar-refractivity contribution in [3.8, 4) is 0 Å². The van der Waals surface area contributed by atoms with Gasteiger partial charge in [-0.25, -0.2) is 0 Å². The van der Waals surface area contributed by atoms with Gasteiger partial charge in [0.15, 0.2) is 0 Å². The van der Waals surface area contributed by atoms with Gasteiger partial charge in [0.05, 0.1) is 0 Å². The zero-order valence-electron chi connectivity index (χ0n) is 15.3. The SMILES string of the molecule is CC(C)(C)[NH-].CO.[CH2-]CO.[CH2]=[Ti]([Cl])[Cl].[CH3-].c1ccc2[cH-]ccc2c1. The number of aliphatic hydroxyl groups is 2. The summed E-state index contributed by atoms with van der Waals surface area (Å²) in [5.74, 6) is 0. The number of halogens is 2. The second-order valence-corrected chi connectivity index (χ2v) is 10.6. The molecule has 0 spiro atoms. The number of benzene rings is 1. The van der Waals surface area contributed by atoms with Crippen LogP contribution < -0.4 is 0 Å². The summed E-state index contributed by atoms with van der Waals surface area (Å²) in [7, 11) is 11.2. The zero-order valence-corrected chi connectivity index (χ0v) is 18.4. The van der Waals surface area contributed by atoms with E-state index >= 15 is 0 Å². The molecule has 0 unspecified atom stereocenters. The van der Waals surface area contributed by atoms with E-state index in [4.69, 9.17) is 34.6 Å². The van der Waals surface area contributed by atoms with Gasteiger partial charge in [-0.1, -0.05) is 33.4 Å². The molecule has 0 aliphatic carbocycles. The molecule has 3 N–H and O–H groups in total. The fourth-order valence-corrected chi connectivity index (χ4v) is 1.07. The molecule has 24 heavy (non-hydrogen) atoms. The van der Waals surface area contributed by atoms with Gasteiger partial charge in [0, 0.05) is 7.11 Å². The molecule has 0 aliphatic rings. The standard InChI is InChI=1S/C9H7.C4H10N.C2H5O.CH4O.CH3.CH2.2ClH.Ti/c1-2-5-9-7-3-6-8(9)4-1;1-4(2,3)5;1-2-3;1-2;;;;;/h1-7H;5H,1-3H3;3H,1-2H2;2H,1H3;1H3;1H2;2*1H;/q3*-1;;-1;;;;+2/p-2. The Bertz CT molecular complexity index is 457. The van der Waals surface area contributed by atoms with Crippen molar-refractivity contribution in [3.63, 3.8) is 0 Å². The van der Waals surface area contributed by atoms with Crippen molar-refractivity contribution >= 4 is 34.2 Å². The Morgan fingerprint density at radius 3 is 1.88 bits per heavy atom. The first-order chi connectivity index (χ1) is 10.6. The molecule has 3 nitrogen and oxygen atoms in total. The molecule has 0 saturated heterocycles. The summed E-state index contributed by atoms with van der Waals surface area (Å²) in [5, 5.41) is 17.1. The maximum Gasteiger partial charge on any atom is -0.0809 e. The molecule has 0 aliphatic heterocycles. The van der Waals surface area contributed by atoms with E-state index in [0.29, 0.717) is 0 Å². The van der Waals surface area contributed by atoms with Crippen LogP contribution in [0.4, 0.5) is 0 Å². The van der Waals surface area contributed by atoms with E-state index in [1.165, 1.54) is 10.8 Å². The third-order valence-corrected chi connectivity index (χ3v) is 1.55. The van der Waals surface area contributed by atoms with Gasteiger partial charge in [-0.05, 0) is 0 Å². The van der Waals surface area contributed by atoms with Gasteiger partial charge in [-0.15, -0.1) is 35.2 Å². The number of nitrogens with one attached hydrogen (secondary N) is 1. The maximum absolute atomic E-state index is 7.46. The predicted octanol–water partition coefficient (Wildman–Crippen LogP) is 5.61. The van der Waals surface area contributed by atoms with Gasteiger partial charge < -0.3 is 30.3 Å². The Morgan fingerprint density at radius 1 is 1.21 bits per heavy atom. The van der Waals surface area contributed by atoms with E-state index in [9.17, 15) is 0 Å². The van der Waals surface area contributed by atoms with Gasteiger partial charge in [-0.2, -0.15) is 17.5 Å². The largest absolute Gasteiger partial charge is 0.358 e. The van der Waals surface area contributed by atoms with Crippen molar-refractivity contribution in [2.45, 2.75) is 26.3 Å². The summed E-state index contributed by atoms with van der Waals surface area (Å²) < 4.78 is 0. The summed E-state index contributed by atoms with van der Waals surface area (Å²) in [6.45, 7) is 8.60. The summed E-state index contributed by atoms with van der Waals surface area (Å²) in [4.78, 5) is 3.34. The first-order valence-electron chi connectivity index (χ1n) is 6.82. The van der Waals surface area contributed by atoms with Crippen molar-refractivity contribution in [1.29, 1.82) is 0 Å². The molecule has 0 radical (unpaired) electrons. The molecule has 0 saturated carbocycles. The predicted molar refractivity (Wildman–Crippen MR) is 109 cm³/mol. The summed E-state index contributed by atoms with van der Waals surface area (Å²) in [6.07, 6.45) is 0. The molecule has 0 aromatic heterocycles. The van der Waals surface area contributed by atoms with E-state index < -0.39 is 15.3 Å². The van der Waals surface area contributed by atoms with Crippen LogP contribution in [-0.2, 0) is 15.3 Å². The minimum Gasteiger partial charge on any atom is -0.358 e. The minimum atomic E-state index is -1.64. The van der Waals surface area contributed by atoms with Crippen LogP contribution >= 0.6 is 18.6 Å². The van der Waals surface area contributed by atoms with Crippen LogP contribution in [0, 0.1) is 14.4 Å². The number of hydrogen-bond donors (Lipinski definition) is 2. The zero-order chi connectivity index (χ0) is 18.9. The van der Waals surface area contributed by atoms with E-state index in [0.717, 1.165) is 7.11 Å². The fourth-order valence-electron chi connectivity index (χ4n) is 1.07. The second kappa shape index (κ2) is 20.9. The third-order valence-electron chi connectivity index (χ3n) is 1.55. The Balaban J connectivity index is -0.000000117. The normalized spacial score (nSPS) is 8.42. The average Bonchev–Trinajstić information content (AvgIpc) is 2.87. The van der Waals surface area contributed by atoms with Crippen LogP contribution in [0.3, 0.4) is 0 Å². The first-order valence-corrected chi connectivity index (χ1v) is 12.2. The summed E-state index contributed by atoms with van der Waals surface area (Å²) in [6, 6.07) is 14.7. The van der Waals surface area contributed by atoms with Crippen LogP contribution in [0.5, 0.6) is 0 Å². The number of fused-ring (bicyclic) bond motifs is 1. The number of hydrogen-bond acceptors (Lipinski definition) is 2. The van der Waals surface area contributed by atoms with Crippen LogP contribution in [-0.4, -0.2) is 34.3 Å². The molecule has 6 heteroatoms. The molecule has 0 bridgehead atoms. The van der Waals surface area contributed by atoms with E-state index in [2.05, 4.69) is 54.2 Å². The Kier molecular flexibility index (Phi) is 27.6. The molecule has 0 heterocycles. The Hall–Kier alpha value is -0.126. The van der Waals surface area contributed by atoms with Crippen molar-refractivity contribution < 1.29 is 25.5 Å². The monoisotopic (exact) mass is 411 g/mol. The quantitative estimate of drug-likeness (QED) is 0.436. The number of rotatable bonds is 0. The third kappa shape index (κ3) is 33.5. The molecular weight excluding hydrogens is 381 g/mol. The Morgan fingerprint density at radius 2 is 1.54 bits per heavy atom. The van der Waals surface area contributed by atoms with E-state index in [-0.39, 0.29) is 19.6 Å². The van der Waals surface area contributed by atoms with E-state index in [1.807, 2.05) is 20.8 Å². The van der Waals surface area contributed by atoms with E-state index in [1.54, 1.807) is 0 Å². The first kappa shape index (κ1) is 31.6. The van der Waals surface area contributed by atoms with Gasteiger partial charge in [0.1, 0.15) is 0 Å². The summed E-state index contributed by atoms with van der Waals surface area (Å²) >= 11 is -1.64. The van der Waals surface area contributed by atoms with Crippen molar-refractivity contribution in [3.05, 3.63) is 62.5 Å². The molecule has 142 valence electrons. The average molecular weight is 412 g/mol. The topological polar surface area (TPSA) is 64.3 Å². The maximum atomic E-state index is 7.46. The fraction of sp³-hybridized carbons (Fsp3) is 0.333. The number of aliphatic hydroxyl groups excluding tert-OH is 2. The molecule has 2 aromatic carbocycles. The van der Waals surface area contributed by atoms with Crippen LogP contribution in [0.15, 0.2) is 42.5 Å². The smallest absolute Gasteiger partial charge is 0.0809 e. The molecule has 0 fully saturated rings. The molecule has 0 amide bonds. The van der Waals surface area contributed by atoms with Gasteiger partial charge in [0.25, 0.3) is 0 Å². The minimum absolute atomic E-state index is 0. The van der Waals surface area contributed by atoms with Crippen LogP contribution in [0.25, 0.3) is 16.5 Å². The molecule has 2 aromatic rings. The van der Waals surface area contributed by atoms with Crippen molar-refractivity contribution in [2.24, 2.45) is 0 Å². The molecule has 0 atom stereocenters. The van der Waals surface area contributed by atoms with Gasteiger partial charge >= 0.3 is 38.7 Å². The Labute approximate surface area is 161 Å². The van der Waals surface area contributed by atoms with Gasteiger partial charge in [-0.3, -0.25) is 0 Å². The summed E-state index contributed by atoms with van der Waals surface area (Å²) in [5.41, 5.74) is 6.69. The van der Waals surface area contributed by atoms with Crippen molar-refractivity contribution in [1.82, 2.24) is 0 Å². The van der Waals surface area contributed by atoms with Crippen LogP contribution in [0.1, 0.15) is 20.8 Å². The second-order valence-electron chi connectivity index (χ2n) is 4.97.